The fraction of sp³-hybridized carbons (Fsp3) is 0.933. The number of hydrogen-bond donors (Lipinski definition) is 1. The Hall–Kier alpha value is -0.610. The van der Waals surface area contributed by atoms with Crippen LogP contribution in [0.25, 0.3) is 0 Å². The lowest BCUT2D eigenvalue weighted by Crippen LogP contribution is -2.31. The number of nitrogens with zero attached hydrogens (tertiary/aromatic N) is 1. The minimum atomic E-state index is 0.390. The third-order valence-electron chi connectivity index (χ3n) is 5.73. The van der Waals surface area contributed by atoms with Crippen LogP contribution in [0.2, 0.25) is 0 Å². The molecule has 4 aliphatic rings. The van der Waals surface area contributed by atoms with Crippen molar-refractivity contribution in [1.29, 1.82) is 0 Å². The average molecular weight is 264 g/mol. The first-order valence-electron chi connectivity index (χ1n) is 7.95. The Morgan fingerprint density at radius 3 is 2.53 bits per heavy atom. The highest BCUT2D eigenvalue weighted by Gasteiger charge is 2.53. The van der Waals surface area contributed by atoms with Gasteiger partial charge in [-0.3, -0.25) is 4.79 Å². The van der Waals surface area contributed by atoms with Gasteiger partial charge in [-0.15, -0.1) is 0 Å². The second-order valence-electron chi connectivity index (χ2n) is 6.81. The third-order valence-corrected chi connectivity index (χ3v) is 5.73. The molecule has 4 fully saturated rings. The minimum Gasteiger partial charge on any atom is -0.374 e. The molecule has 19 heavy (non-hydrogen) atoms. The standard InChI is InChI=1S/C15H24N2O2/c18-15(4-1-10-5-6-16-7-10)17-8-11-12(9-17)14-3-2-13(11)19-14/h10-14,16H,1-9H2. The molecule has 4 nitrogen and oxygen atoms in total. The molecule has 0 aromatic heterocycles. The summed E-state index contributed by atoms with van der Waals surface area (Å²) >= 11 is 0. The number of fused-ring (bicyclic) bond motifs is 5. The van der Waals surface area contributed by atoms with E-state index in [4.69, 9.17) is 4.74 Å². The van der Waals surface area contributed by atoms with Crippen molar-refractivity contribution in [1.82, 2.24) is 10.2 Å². The Morgan fingerprint density at radius 1 is 1.16 bits per heavy atom. The van der Waals surface area contributed by atoms with E-state index in [0.29, 0.717) is 30.0 Å². The van der Waals surface area contributed by atoms with E-state index in [1.54, 1.807) is 0 Å². The van der Waals surface area contributed by atoms with Gasteiger partial charge in [0.2, 0.25) is 5.91 Å². The molecule has 4 rings (SSSR count). The van der Waals surface area contributed by atoms with Crippen LogP contribution in [0.5, 0.6) is 0 Å². The number of rotatable bonds is 3. The van der Waals surface area contributed by atoms with Crippen LogP contribution in [0.4, 0.5) is 0 Å². The van der Waals surface area contributed by atoms with Crippen molar-refractivity contribution >= 4 is 5.91 Å². The van der Waals surface area contributed by atoms with Crippen molar-refractivity contribution in [3.63, 3.8) is 0 Å². The maximum absolute atomic E-state index is 12.3. The Balaban J connectivity index is 1.30. The van der Waals surface area contributed by atoms with Gasteiger partial charge in [-0.05, 0) is 44.7 Å². The van der Waals surface area contributed by atoms with Crippen molar-refractivity contribution in [3.05, 3.63) is 0 Å². The van der Waals surface area contributed by atoms with Crippen molar-refractivity contribution in [2.24, 2.45) is 17.8 Å². The Labute approximate surface area is 114 Å². The summed E-state index contributed by atoms with van der Waals surface area (Å²) < 4.78 is 5.96. The number of carbonyl (C=O) groups is 1. The molecule has 4 saturated heterocycles. The zero-order valence-electron chi connectivity index (χ0n) is 11.5. The van der Waals surface area contributed by atoms with Gasteiger partial charge in [-0.2, -0.15) is 0 Å². The molecule has 1 amide bonds. The van der Waals surface area contributed by atoms with E-state index in [-0.39, 0.29) is 0 Å². The van der Waals surface area contributed by atoms with E-state index in [2.05, 4.69) is 10.2 Å². The SMILES string of the molecule is O=C(CCC1CCNC1)N1CC2C3CCC(O3)C2C1. The summed E-state index contributed by atoms with van der Waals surface area (Å²) in [5.41, 5.74) is 0. The van der Waals surface area contributed by atoms with Gasteiger partial charge in [0.25, 0.3) is 0 Å². The monoisotopic (exact) mass is 264 g/mol. The van der Waals surface area contributed by atoms with Crippen LogP contribution in [0.15, 0.2) is 0 Å². The van der Waals surface area contributed by atoms with Crippen molar-refractivity contribution < 1.29 is 9.53 Å². The van der Waals surface area contributed by atoms with Gasteiger partial charge in [0, 0.05) is 31.3 Å². The number of amides is 1. The first-order chi connectivity index (χ1) is 9.31. The molecular weight excluding hydrogens is 240 g/mol. The highest BCUT2D eigenvalue weighted by Crippen LogP contribution is 2.47. The zero-order valence-corrected chi connectivity index (χ0v) is 11.5. The molecule has 0 saturated carbocycles. The molecular formula is C15H24N2O2. The normalized spacial score (nSPS) is 44.0. The van der Waals surface area contributed by atoms with Crippen LogP contribution in [-0.4, -0.2) is 49.2 Å². The molecule has 5 atom stereocenters. The van der Waals surface area contributed by atoms with Gasteiger partial charge in [0.1, 0.15) is 0 Å². The molecule has 4 aliphatic heterocycles. The molecule has 0 aromatic rings. The molecule has 106 valence electrons. The van der Waals surface area contributed by atoms with E-state index in [1.165, 1.54) is 19.3 Å². The fourth-order valence-electron chi connectivity index (χ4n) is 4.61. The third kappa shape index (κ3) is 2.09. The predicted molar refractivity (Wildman–Crippen MR) is 71.7 cm³/mol. The van der Waals surface area contributed by atoms with Crippen LogP contribution in [0.3, 0.4) is 0 Å². The Bertz CT molecular complexity index is 349. The van der Waals surface area contributed by atoms with Crippen LogP contribution >= 0.6 is 0 Å². The highest BCUT2D eigenvalue weighted by molar-refractivity contribution is 5.76. The molecule has 4 heteroatoms. The summed E-state index contributed by atoms with van der Waals surface area (Å²) in [7, 11) is 0. The van der Waals surface area contributed by atoms with Crippen molar-refractivity contribution in [2.45, 2.75) is 44.3 Å². The number of hydrogen-bond acceptors (Lipinski definition) is 3. The summed E-state index contributed by atoms with van der Waals surface area (Å²) in [6.45, 7) is 4.17. The number of ether oxygens (including phenoxy) is 1. The maximum Gasteiger partial charge on any atom is 0.222 e. The molecule has 0 spiro atoms. The lowest BCUT2D eigenvalue weighted by Gasteiger charge is -2.19. The lowest BCUT2D eigenvalue weighted by atomic mass is 9.82. The van der Waals surface area contributed by atoms with Crippen LogP contribution in [0.1, 0.15) is 32.1 Å². The molecule has 0 aliphatic carbocycles. The summed E-state index contributed by atoms with van der Waals surface area (Å²) in [6.07, 6.45) is 6.45. The average Bonchev–Trinajstić information content (AvgIpc) is 3.14. The lowest BCUT2D eigenvalue weighted by molar-refractivity contribution is -0.131. The summed E-state index contributed by atoms with van der Waals surface area (Å²) in [5.74, 6) is 2.41. The first kappa shape index (κ1) is 12.2. The summed E-state index contributed by atoms with van der Waals surface area (Å²) in [6, 6.07) is 0. The topological polar surface area (TPSA) is 41.6 Å². The van der Waals surface area contributed by atoms with E-state index >= 15 is 0 Å². The zero-order chi connectivity index (χ0) is 12.8. The van der Waals surface area contributed by atoms with Crippen molar-refractivity contribution in [2.75, 3.05) is 26.2 Å². The highest BCUT2D eigenvalue weighted by atomic mass is 16.5. The predicted octanol–water partition coefficient (Wildman–Crippen LogP) is 1.01. The molecule has 0 radical (unpaired) electrons. The van der Waals surface area contributed by atoms with Gasteiger partial charge in [-0.1, -0.05) is 0 Å². The Kier molecular flexibility index (Phi) is 3.03. The number of likely N-dealkylation sites (tertiary alicyclic amines) is 1. The number of carbonyl (C=O) groups excluding carboxylic acids is 1. The van der Waals surface area contributed by atoms with Crippen LogP contribution in [0, 0.1) is 17.8 Å². The van der Waals surface area contributed by atoms with Gasteiger partial charge in [0.05, 0.1) is 12.2 Å². The summed E-state index contributed by atoms with van der Waals surface area (Å²) in [5, 5.41) is 3.38. The largest absolute Gasteiger partial charge is 0.374 e. The smallest absolute Gasteiger partial charge is 0.222 e. The van der Waals surface area contributed by atoms with Gasteiger partial charge in [-0.25, -0.2) is 0 Å². The molecule has 0 aromatic carbocycles. The molecule has 2 bridgehead atoms. The van der Waals surface area contributed by atoms with Crippen LogP contribution in [-0.2, 0) is 9.53 Å². The number of nitrogens with one attached hydrogen (secondary N) is 1. The van der Waals surface area contributed by atoms with E-state index in [1.807, 2.05) is 0 Å². The first-order valence-corrected chi connectivity index (χ1v) is 7.95. The quantitative estimate of drug-likeness (QED) is 0.827. The second-order valence-corrected chi connectivity index (χ2v) is 6.81. The van der Waals surface area contributed by atoms with Gasteiger partial charge in [0.15, 0.2) is 0 Å². The fourth-order valence-corrected chi connectivity index (χ4v) is 4.61. The van der Waals surface area contributed by atoms with Gasteiger partial charge < -0.3 is 15.0 Å². The Morgan fingerprint density at radius 2 is 1.89 bits per heavy atom. The minimum absolute atomic E-state index is 0.390. The van der Waals surface area contributed by atoms with E-state index < -0.39 is 0 Å². The maximum atomic E-state index is 12.3. The molecule has 4 heterocycles. The molecule has 1 N–H and O–H groups in total. The van der Waals surface area contributed by atoms with Crippen molar-refractivity contribution in [3.8, 4) is 0 Å². The summed E-state index contributed by atoms with van der Waals surface area (Å²) in [4.78, 5) is 14.5. The van der Waals surface area contributed by atoms with E-state index in [9.17, 15) is 4.79 Å². The second kappa shape index (κ2) is 4.74. The van der Waals surface area contributed by atoms with Gasteiger partial charge >= 0.3 is 0 Å². The van der Waals surface area contributed by atoms with E-state index in [0.717, 1.165) is 44.9 Å². The molecule has 5 unspecified atom stereocenters. The van der Waals surface area contributed by atoms with Crippen LogP contribution < -0.4 is 5.32 Å².